The largest absolute Gasteiger partial charge is 0.508 e. The first-order valence-electron chi connectivity index (χ1n) is 5.85. The quantitative estimate of drug-likeness (QED) is 0.648. The van der Waals surface area contributed by atoms with E-state index >= 15 is 0 Å². The summed E-state index contributed by atoms with van der Waals surface area (Å²) in [5.74, 6) is 5.84. The smallest absolute Gasteiger partial charge is 0.298 e. The fourth-order valence-electron chi connectivity index (χ4n) is 1.58. The standard InChI is InChI=1S/C16H12O4/c1-11-2-3-12(8-14(11)18)4-5-13-6-7-16(20-10-17)15(19)9-13/h2-3,6-10,18-19H,1H3. The van der Waals surface area contributed by atoms with Crippen molar-refractivity contribution in [1.82, 2.24) is 0 Å². The summed E-state index contributed by atoms with van der Waals surface area (Å²) < 4.78 is 4.57. The van der Waals surface area contributed by atoms with E-state index in [0.717, 1.165) is 5.56 Å². The van der Waals surface area contributed by atoms with Crippen LogP contribution in [0.1, 0.15) is 16.7 Å². The predicted molar refractivity (Wildman–Crippen MR) is 73.6 cm³/mol. The van der Waals surface area contributed by atoms with Crippen molar-refractivity contribution in [1.29, 1.82) is 0 Å². The lowest BCUT2D eigenvalue weighted by Gasteiger charge is -2.01. The number of rotatable bonds is 2. The van der Waals surface area contributed by atoms with Gasteiger partial charge in [0.25, 0.3) is 6.47 Å². The number of carbonyl (C=O) groups is 1. The van der Waals surface area contributed by atoms with E-state index in [1.807, 2.05) is 0 Å². The second kappa shape index (κ2) is 5.81. The summed E-state index contributed by atoms with van der Waals surface area (Å²) in [7, 11) is 0. The van der Waals surface area contributed by atoms with E-state index in [1.165, 1.54) is 12.1 Å². The Morgan fingerprint density at radius 3 is 2.15 bits per heavy atom. The number of aromatic hydroxyl groups is 2. The Balaban J connectivity index is 2.26. The molecule has 0 saturated heterocycles. The number of carbonyl (C=O) groups excluding carboxylic acids is 1. The molecule has 0 atom stereocenters. The van der Waals surface area contributed by atoms with Crippen LogP contribution in [0, 0.1) is 18.8 Å². The molecule has 0 aliphatic heterocycles. The van der Waals surface area contributed by atoms with Crippen molar-refractivity contribution in [2.45, 2.75) is 6.92 Å². The fraction of sp³-hybridized carbons (Fsp3) is 0.0625. The molecule has 2 N–H and O–H groups in total. The first-order chi connectivity index (χ1) is 9.60. The Kier molecular flexibility index (Phi) is 3.92. The van der Waals surface area contributed by atoms with E-state index in [9.17, 15) is 15.0 Å². The van der Waals surface area contributed by atoms with E-state index in [-0.39, 0.29) is 23.7 Å². The highest BCUT2D eigenvalue weighted by Crippen LogP contribution is 2.26. The van der Waals surface area contributed by atoms with Crippen LogP contribution in [0.2, 0.25) is 0 Å². The lowest BCUT2D eigenvalue weighted by Crippen LogP contribution is -1.89. The zero-order chi connectivity index (χ0) is 14.5. The van der Waals surface area contributed by atoms with E-state index < -0.39 is 0 Å². The van der Waals surface area contributed by atoms with Crippen molar-refractivity contribution in [3.05, 3.63) is 53.1 Å². The number of hydrogen-bond acceptors (Lipinski definition) is 4. The molecule has 0 saturated carbocycles. The van der Waals surface area contributed by atoms with Crippen LogP contribution in [0.25, 0.3) is 0 Å². The number of hydrogen-bond donors (Lipinski definition) is 2. The monoisotopic (exact) mass is 268 g/mol. The molecule has 20 heavy (non-hydrogen) atoms. The fourth-order valence-corrected chi connectivity index (χ4v) is 1.58. The lowest BCUT2D eigenvalue weighted by atomic mass is 10.1. The number of phenols is 2. The highest BCUT2D eigenvalue weighted by molar-refractivity contribution is 5.54. The maximum absolute atomic E-state index is 10.2. The molecule has 0 fully saturated rings. The molecule has 0 aliphatic carbocycles. The molecule has 0 aromatic heterocycles. The van der Waals surface area contributed by atoms with Gasteiger partial charge >= 0.3 is 0 Å². The summed E-state index contributed by atoms with van der Waals surface area (Å²) >= 11 is 0. The molecule has 0 heterocycles. The molecule has 2 rings (SSSR count). The second-order valence-corrected chi connectivity index (χ2v) is 4.15. The zero-order valence-corrected chi connectivity index (χ0v) is 10.8. The summed E-state index contributed by atoms with van der Waals surface area (Å²) in [6, 6.07) is 9.63. The number of ether oxygens (including phenoxy) is 1. The van der Waals surface area contributed by atoms with Gasteiger partial charge in [0.05, 0.1) is 0 Å². The summed E-state index contributed by atoms with van der Waals surface area (Å²) in [4.78, 5) is 10.2. The van der Waals surface area contributed by atoms with Crippen molar-refractivity contribution in [2.24, 2.45) is 0 Å². The predicted octanol–water partition coefficient (Wildman–Crippen LogP) is 2.34. The highest BCUT2D eigenvalue weighted by Gasteiger charge is 2.02. The molecule has 0 unspecified atom stereocenters. The molecular weight excluding hydrogens is 256 g/mol. The van der Waals surface area contributed by atoms with Gasteiger partial charge in [0.1, 0.15) is 5.75 Å². The summed E-state index contributed by atoms with van der Waals surface area (Å²) in [6.07, 6.45) is 0. The van der Waals surface area contributed by atoms with Gasteiger partial charge in [-0.3, -0.25) is 4.79 Å². The Morgan fingerprint density at radius 1 is 1.00 bits per heavy atom. The van der Waals surface area contributed by atoms with Crippen molar-refractivity contribution in [3.8, 4) is 29.1 Å². The third-order valence-electron chi connectivity index (χ3n) is 2.69. The molecule has 100 valence electrons. The molecule has 2 aromatic rings. The summed E-state index contributed by atoms with van der Waals surface area (Å²) in [5, 5.41) is 19.2. The Bertz CT molecular complexity index is 708. The van der Waals surface area contributed by atoms with Gasteiger partial charge in [-0.1, -0.05) is 17.9 Å². The molecule has 0 bridgehead atoms. The normalized spacial score (nSPS) is 9.45. The lowest BCUT2D eigenvalue weighted by molar-refractivity contribution is -0.120. The van der Waals surface area contributed by atoms with Crippen molar-refractivity contribution >= 4 is 6.47 Å². The first-order valence-corrected chi connectivity index (χ1v) is 5.85. The molecule has 4 nitrogen and oxygen atoms in total. The molecule has 0 spiro atoms. The van der Waals surface area contributed by atoms with Gasteiger partial charge in [-0.15, -0.1) is 0 Å². The average Bonchev–Trinajstić information content (AvgIpc) is 2.43. The molecule has 0 amide bonds. The molecular formula is C16H12O4. The number of phenolic OH excluding ortho intramolecular Hbond substituents is 2. The van der Waals surface area contributed by atoms with Crippen LogP contribution in [-0.2, 0) is 4.79 Å². The first kappa shape index (κ1) is 13.5. The van der Waals surface area contributed by atoms with Crippen LogP contribution in [0.15, 0.2) is 36.4 Å². The van der Waals surface area contributed by atoms with Gasteiger partial charge in [0.15, 0.2) is 11.5 Å². The van der Waals surface area contributed by atoms with Crippen LogP contribution in [0.4, 0.5) is 0 Å². The SMILES string of the molecule is Cc1ccc(C#Cc2ccc(OC=O)c(O)c2)cc1O. The zero-order valence-electron chi connectivity index (χ0n) is 10.8. The Hall–Kier alpha value is -2.93. The van der Waals surface area contributed by atoms with Gasteiger partial charge in [0, 0.05) is 11.1 Å². The van der Waals surface area contributed by atoms with E-state index in [0.29, 0.717) is 11.1 Å². The van der Waals surface area contributed by atoms with Crippen molar-refractivity contribution < 1.29 is 19.7 Å². The summed E-state index contributed by atoms with van der Waals surface area (Å²) in [5.41, 5.74) is 2.02. The van der Waals surface area contributed by atoms with Crippen molar-refractivity contribution in [3.63, 3.8) is 0 Å². The maximum Gasteiger partial charge on any atom is 0.298 e. The minimum Gasteiger partial charge on any atom is -0.508 e. The Labute approximate surface area is 116 Å². The third kappa shape index (κ3) is 3.09. The van der Waals surface area contributed by atoms with E-state index in [4.69, 9.17) is 0 Å². The van der Waals surface area contributed by atoms with E-state index in [2.05, 4.69) is 16.6 Å². The van der Waals surface area contributed by atoms with Crippen LogP contribution in [0.3, 0.4) is 0 Å². The molecule has 0 radical (unpaired) electrons. The van der Waals surface area contributed by atoms with Gasteiger partial charge in [-0.05, 0) is 42.8 Å². The minimum atomic E-state index is -0.157. The summed E-state index contributed by atoms with van der Waals surface area (Å²) in [6.45, 7) is 2.05. The maximum atomic E-state index is 10.2. The minimum absolute atomic E-state index is 0.0820. The average molecular weight is 268 g/mol. The van der Waals surface area contributed by atoms with Gasteiger partial charge in [-0.2, -0.15) is 0 Å². The molecule has 0 aliphatic rings. The number of benzene rings is 2. The van der Waals surface area contributed by atoms with Crippen LogP contribution in [-0.4, -0.2) is 16.7 Å². The van der Waals surface area contributed by atoms with Crippen LogP contribution in [0.5, 0.6) is 17.2 Å². The van der Waals surface area contributed by atoms with Gasteiger partial charge in [0.2, 0.25) is 0 Å². The van der Waals surface area contributed by atoms with Crippen LogP contribution < -0.4 is 4.74 Å². The molecule has 2 aromatic carbocycles. The topological polar surface area (TPSA) is 66.8 Å². The Morgan fingerprint density at radius 2 is 1.60 bits per heavy atom. The highest BCUT2D eigenvalue weighted by atomic mass is 16.5. The van der Waals surface area contributed by atoms with Gasteiger partial charge in [-0.25, -0.2) is 0 Å². The van der Waals surface area contributed by atoms with Crippen LogP contribution >= 0.6 is 0 Å². The van der Waals surface area contributed by atoms with Gasteiger partial charge < -0.3 is 14.9 Å². The number of aryl methyl sites for hydroxylation is 1. The van der Waals surface area contributed by atoms with E-state index in [1.54, 1.807) is 31.2 Å². The molecule has 4 heteroatoms. The van der Waals surface area contributed by atoms with Crippen molar-refractivity contribution in [2.75, 3.05) is 0 Å². The second-order valence-electron chi connectivity index (χ2n) is 4.15. The third-order valence-corrected chi connectivity index (χ3v) is 2.69.